The Balaban J connectivity index is 1.67. The molecule has 2 fully saturated rings. The summed E-state index contributed by atoms with van der Waals surface area (Å²) in [5.41, 5.74) is -5.68. The lowest BCUT2D eigenvalue weighted by Crippen LogP contribution is -2.48. The smallest absolute Gasteiger partial charge is 0.381 e. The number of halogens is 4. The minimum Gasteiger partial charge on any atom is -0.381 e. The number of nitrogens with zero attached hydrogens (tertiary/aromatic N) is 2. The molecule has 158 valence electrons. The largest absolute Gasteiger partial charge is 0.501 e. The Morgan fingerprint density at radius 1 is 1.04 bits per heavy atom. The van der Waals surface area contributed by atoms with E-state index in [4.69, 9.17) is 0 Å². The maximum absolute atomic E-state index is 13.5. The van der Waals surface area contributed by atoms with Gasteiger partial charge in [-0.3, -0.25) is 0 Å². The molecule has 0 aromatic heterocycles. The fourth-order valence-electron chi connectivity index (χ4n) is 3.95. The standard InChI is InChI=1S/C18H25F4N3O2S/c1-24-8-6-15(7-9-24)25-10-4-14(5-11-25)23-16-3-2-13(19)12-17(16)28(26,27)18(20,21)22/h2-3,12,14-15,23H,4-11H2,1H3. The van der Waals surface area contributed by atoms with E-state index in [1.54, 1.807) is 0 Å². The van der Waals surface area contributed by atoms with Gasteiger partial charge >= 0.3 is 5.51 Å². The number of benzene rings is 1. The monoisotopic (exact) mass is 423 g/mol. The molecule has 10 heteroatoms. The molecule has 1 aromatic carbocycles. The van der Waals surface area contributed by atoms with Crippen LogP contribution in [-0.2, 0) is 9.84 Å². The van der Waals surface area contributed by atoms with Gasteiger partial charge in [0.2, 0.25) is 0 Å². The lowest BCUT2D eigenvalue weighted by Gasteiger charge is -2.41. The Hall–Kier alpha value is -1.39. The predicted octanol–water partition coefficient (Wildman–Crippen LogP) is 3.09. The van der Waals surface area contributed by atoms with Gasteiger partial charge in [0.15, 0.2) is 0 Å². The number of sulfone groups is 1. The van der Waals surface area contributed by atoms with Crippen molar-refractivity contribution >= 4 is 15.5 Å². The van der Waals surface area contributed by atoms with Crippen LogP contribution in [0.4, 0.5) is 23.2 Å². The third kappa shape index (κ3) is 4.60. The lowest BCUT2D eigenvalue weighted by atomic mass is 9.98. The van der Waals surface area contributed by atoms with Crippen molar-refractivity contribution in [2.45, 2.75) is 48.2 Å². The lowest BCUT2D eigenvalue weighted by molar-refractivity contribution is -0.0435. The Morgan fingerprint density at radius 2 is 1.64 bits per heavy atom. The van der Waals surface area contributed by atoms with E-state index < -0.39 is 26.1 Å². The van der Waals surface area contributed by atoms with E-state index in [1.807, 2.05) is 0 Å². The van der Waals surface area contributed by atoms with Crippen LogP contribution in [0, 0.1) is 5.82 Å². The molecule has 0 atom stereocenters. The summed E-state index contributed by atoms with van der Waals surface area (Å²) < 4.78 is 75.9. The molecular weight excluding hydrogens is 398 g/mol. The Kier molecular flexibility index (Phi) is 6.21. The molecule has 0 aliphatic carbocycles. The van der Waals surface area contributed by atoms with Crippen molar-refractivity contribution < 1.29 is 26.0 Å². The van der Waals surface area contributed by atoms with Gasteiger partial charge in [-0.2, -0.15) is 13.2 Å². The van der Waals surface area contributed by atoms with Gasteiger partial charge in [0.25, 0.3) is 9.84 Å². The van der Waals surface area contributed by atoms with Gasteiger partial charge in [-0.25, -0.2) is 12.8 Å². The van der Waals surface area contributed by atoms with E-state index >= 15 is 0 Å². The van der Waals surface area contributed by atoms with Crippen molar-refractivity contribution in [1.82, 2.24) is 9.80 Å². The molecule has 1 aromatic rings. The van der Waals surface area contributed by atoms with Crippen molar-refractivity contribution in [3.05, 3.63) is 24.0 Å². The number of anilines is 1. The highest BCUT2D eigenvalue weighted by atomic mass is 32.2. The number of hydrogen-bond donors (Lipinski definition) is 1. The molecule has 0 spiro atoms. The van der Waals surface area contributed by atoms with Gasteiger partial charge in [0.1, 0.15) is 10.7 Å². The highest BCUT2D eigenvalue weighted by Gasteiger charge is 2.48. The number of likely N-dealkylation sites (tertiary alicyclic amines) is 2. The minimum absolute atomic E-state index is 0.157. The molecule has 0 radical (unpaired) electrons. The van der Waals surface area contributed by atoms with Crippen LogP contribution < -0.4 is 5.32 Å². The SMILES string of the molecule is CN1CCC(N2CCC(Nc3ccc(F)cc3S(=O)(=O)C(F)(F)F)CC2)CC1. The Labute approximate surface area is 162 Å². The van der Waals surface area contributed by atoms with Crippen LogP contribution in [0.3, 0.4) is 0 Å². The number of rotatable bonds is 4. The summed E-state index contributed by atoms with van der Waals surface area (Å²) in [7, 11) is -3.53. The minimum atomic E-state index is -5.63. The average molecular weight is 423 g/mol. The molecule has 28 heavy (non-hydrogen) atoms. The first kappa shape index (κ1) is 21.3. The summed E-state index contributed by atoms with van der Waals surface area (Å²) in [5.74, 6) is -1.02. The highest BCUT2D eigenvalue weighted by molar-refractivity contribution is 7.92. The van der Waals surface area contributed by atoms with Crippen LogP contribution >= 0.6 is 0 Å². The van der Waals surface area contributed by atoms with E-state index in [0.29, 0.717) is 24.9 Å². The zero-order valence-electron chi connectivity index (χ0n) is 15.7. The highest BCUT2D eigenvalue weighted by Crippen LogP contribution is 2.35. The van der Waals surface area contributed by atoms with Crippen LogP contribution in [0.15, 0.2) is 23.1 Å². The molecule has 2 aliphatic rings. The van der Waals surface area contributed by atoms with Gasteiger partial charge in [-0.05, 0) is 64.0 Å². The number of hydrogen-bond acceptors (Lipinski definition) is 5. The van der Waals surface area contributed by atoms with Gasteiger partial charge in [-0.1, -0.05) is 0 Å². The quantitative estimate of drug-likeness (QED) is 0.755. The number of alkyl halides is 3. The number of piperidine rings is 2. The van der Waals surface area contributed by atoms with E-state index in [2.05, 4.69) is 22.2 Å². The summed E-state index contributed by atoms with van der Waals surface area (Å²) in [4.78, 5) is 3.64. The molecule has 2 aliphatic heterocycles. The van der Waals surface area contributed by atoms with Crippen molar-refractivity contribution in [3.63, 3.8) is 0 Å². The first-order valence-electron chi connectivity index (χ1n) is 9.38. The molecule has 0 saturated carbocycles. The van der Waals surface area contributed by atoms with E-state index in [1.165, 1.54) is 0 Å². The average Bonchev–Trinajstić information content (AvgIpc) is 2.63. The summed E-state index contributed by atoms with van der Waals surface area (Å²) in [6.07, 6.45) is 3.57. The molecule has 5 nitrogen and oxygen atoms in total. The zero-order valence-corrected chi connectivity index (χ0v) is 16.5. The molecule has 3 rings (SSSR count). The predicted molar refractivity (Wildman–Crippen MR) is 98.4 cm³/mol. The van der Waals surface area contributed by atoms with E-state index in [0.717, 1.165) is 51.2 Å². The van der Waals surface area contributed by atoms with Gasteiger partial charge in [0.05, 0.1) is 5.69 Å². The molecule has 1 N–H and O–H groups in total. The van der Waals surface area contributed by atoms with Gasteiger partial charge in [-0.15, -0.1) is 0 Å². The number of nitrogens with one attached hydrogen (secondary N) is 1. The molecule has 0 amide bonds. The van der Waals surface area contributed by atoms with Gasteiger partial charge in [0, 0.05) is 25.2 Å². The van der Waals surface area contributed by atoms with Crippen LogP contribution in [0.1, 0.15) is 25.7 Å². The zero-order chi connectivity index (χ0) is 20.5. The topological polar surface area (TPSA) is 52.6 Å². The fraction of sp³-hybridized carbons (Fsp3) is 0.667. The third-order valence-electron chi connectivity index (χ3n) is 5.63. The van der Waals surface area contributed by atoms with Crippen molar-refractivity contribution in [3.8, 4) is 0 Å². The fourth-order valence-corrected chi connectivity index (χ4v) is 4.88. The second-order valence-corrected chi connectivity index (χ2v) is 9.49. The second kappa shape index (κ2) is 8.16. The van der Waals surface area contributed by atoms with Crippen LogP contribution in [0.2, 0.25) is 0 Å². The summed E-state index contributed by atoms with van der Waals surface area (Å²) in [5, 5.41) is 2.90. The van der Waals surface area contributed by atoms with E-state index in [9.17, 15) is 26.0 Å². The Morgan fingerprint density at radius 3 is 2.21 bits per heavy atom. The van der Waals surface area contributed by atoms with Crippen molar-refractivity contribution in [1.29, 1.82) is 0 Å². The first-order valence-corrected chi connectivity index (χ1v) is 10.9. The molecule has 0 unspecified atom stereocenters. The molecule has 2 saturated heterocycles. The summed E-state index contributed by atoms with van der Waals surface area (Å²) >= 11 is 0. The molecule has 0 bridgehead atoms. The maximum atomic E-state index is 13.5. The Bertz CT molecular complexity index is 785. The van der Waals surface area contributed by atoms with Crippen LogP contribution in [-0.4, -0.2) is 69.0 Å². The van der Waals surface area contributed by atoms with Gasteiger partial charge < -0.3 is 15.1 Å². The first-order chi connectivity index (χ1) is 13.1. The normalized spacial score (nSPS) is 21.8. The van der Waals surface area contributed by atoms with Crippen molar-refractivity contribution in [2.75, 3.05) is 38.5 Å². The molecular formula is C18H25F4N3O2S. The summed E-state index contributed by atoms with van der Waals surface area (Å²) in [6.45, 7) is 3.71. The molecule has 2 heterocycles. The van der Waals surface area contributed by atoms with E-state index in [-0.39, 0.29) is 11.7 Å². The maximum Gasteiger partial charge on any atom is 0.501 e. The van der Waals surface area contributed by atoms with Crippen LogP contribution in [0.25, 0.3) is 0 Å². The summed E-state index contributed by atoms with van der Waals surface area (Å²) in [6, 6.07) is 2.82. The third-order valence-corrected chi connectivity index (χ3v) is 7.16. The second-order valence-electron chi connectivity index (χ2n) is 7.58. The van der Waals surface area contributed by atoms with Crippen LogP contribution in [0.5, 0.6) is 0 Å². The van der Waals surface area contributed by atoms with Crippen molar-refractivity contribution in [2.24, 2.45) is 0 Å².